The Morgan fingerprint density at radius 1 is 1.37 bits per heavy atom. The molecule has 0 aliphatic heterocycles. The van der Waals surface area contributed by atoms with Crippen LogP contribution in [0.5, 0.6) is 5.75 Å². The lowest BCUT2D eigenvalue weighted by Crippen LogP contribution is -2.13. The number of ether oxygens (including phenoxy) is 1. The van der Waals surface area contributed by atoms with Gasteiger partial charge in [-0.15, -0.1) is 0 Å². The SMILES string of the molecule is CNc1onc2c1CCC(c1ccccc1OC)C2. The first-order valence-electron chi connectivity index (χ1n) is 6.61. The van der Waals surface area contributed by atoms with E-state index < -0.39 is 0 Å². The second-order valence-electron chi connectivity index (χ2n) is 4.87. The summed E-state index contributed by atoms with van der Waals surface area (Å²) >= 11 is 0. The van der Waals surface area contributed by atoms with E-state index in [1.165, 1.54) is 11.1 Å². The normalized spacial score (nSPS) is 17.9. The molecule has 1 aliphatic carbocycles. The largest absolute Gasteiger partial charge is 0.496 e. The Labute approximate surface area is 112 Å². The van der Waals surface area contributed by atoms with Crippen LogP contribution in [-0.2, 0) is 12.8 Å². The zero-order valence-electron chi connectivity index (χ0n) is 11.3. The van der Waals surface area contributed by atoms with Crippen molar-refractivity contribution in [3.8, 4) is 5.75 Å². The molecule has 0 fully saturated rings. The van der Waals surface area contributed by atoms with Gasteiger partial charge in [0.2, 0.25) is 5.88 Å². The van der Waals surface area contributed by atoms with Crippen molar-refractivity contribution in [3.63, 3.8) is 0 Å². The fraction of sp³-hybridized carbons (Fsp3) is 0.400. The molecule has 0 saturated carbocycles. The van der Waals surface area contributed by atoms with Crippen molar-refractivity contribution in [2.75, 3.05) is 19.5 Å². The van der Waals surface area contributed by atoms with E-state index >= 15 is 0 Å². The predicted molar refractivity (Wildman–Crippen MR) is 73.8 cm³/mol. The Kier molecular flexibility index (Phi) is 3.15. The third-order valence-electron chi connectivity index (χ3n) is 3.86. The molecule has 1 heterocycles. The molecule has 4 nitrogen and oxygen atoms in total. The summed E-state index contributed by atoms with van der Waals surface area (Å²) in [6.45, 7) is 0. The molecule has 0 saturated heterocycles. The van der Waals surface area contributed by atoms with Gasteiger partial charge in [-0.2, -0.15) is 0 Å². The lowest BCUT2D eigenvalue weighted by molar-refractivity contribution is 0.399. The zero-order chi connectivity index (χ0) is 13.2. The maximum absolute atomic E-state index is 5.46. The molecule has 100 valence electrons. The van der Waals surface area contributed by atoms with Crippen LogP contribution in [-0.4, -0.2) is 19.3 Å². The van der Waals surface area contributed by atoms with Crippen LogP contribution >= 0.6 is 0 Å². The van der Waals surface area contributed by atoms with E-state index in [0.717, 1.165) is 36.6 Å². The molecule has 0 bridgehead atoms. The van der Waals surface area contributed by atoms with Crippen molar-refractivity contribution >= 4 is 5.88 Å². The first kappa shape index (κ1) is 12.1. The molecule has 1 aromatic carbocycles. The third-order valence-corrected chi connectivity index (χ3v) is 3.86. The first-order chi connectivity index (χ1) is 9.33. The Hall–Kier alpha value is -1.97. The average Bonchev–Trinajstić information content (AvgIpc) is 2.89. The van der Waals surface area contributed by atoms with Gasteiger partial charge >= 0.3 is 0 Å². The van der Waals surface area contributed by atoms with E-state index in [0.29, 0.717) is 5.92 Å². The van der Waals surface area contributed by atoms with E-state index in [1.54, 1.807) is 7.11 Å². The van der Waals surface area contributed by atoms with Crippen LogP contribution in [0.25, 0.3) is 0 Å². The number of hydrogen-bond donors (Lipinski definition) is 1. The van der Waals surface area contributed by atoms with Crippen LogP contribution in [0.1, 0.15) is 29.2 Å². The van der Waals surface area contributed by atoms with E-state index in [-0.39, 0.29) is 0 Å². The number of anilines is 1. The first-order valence-corrected chi connectivity index (χ1v) is 6.61. The van der Waals surface area contributed by atoms with E-state index in [2.05, 4.69) is 22.6 Å². The second kappa shape index (κ2) is 4.96. The van der Waals surface area contributed by atoms with Gasteiger partial charge in [-0.1, -0.05) is 23.4 Å². The van der Waals surface area contributed by atoms with Crippen molar-refractivity contribution in [2.24, 2.45) is 0 Å². The fourth-order valence-electron chi connectivity index (χ4n) is 2.88. The average molecular weight is 258 g/mol. The summed E-state index contributed by atoms with van der Waals surface area (Å²) in [5, 5.41) is 7.24. The van der Waals surface area contributed by atoms with Crippen molar-refractivity contribution in [3.05, 3.63) is 41.1 Å². The predicted octanol–water partition coefficient (Wildman–Crippen LogP) is 3.00. The molecule has 1 aliphatic rings. The molecule has 0 amide bonds. The van der Waals surface area contributed by atoms with Crippen molar-refractivity contribution in [1.29, 1.82) is 0 Å². The number of nitrogens with zero attached hydrogens (tertiary/aromatic N) is 1. The Morgan fingerprint density at radius 3 is 3.00 bits per heavy atom. The molecule has 1 N–H and O–H groups in total. The number of para-hydroxylation sites is 1. The molecule has 19 heavy (non-hydrogen) atoms. The standard InChI is InChI=1S/C15H18N2O2/c1-16-15-12-8-7-10(9-13(12)17-19-15)11-5-3-4-6-14(11)18-2/h3-6,10,16H,7-9H2,1-2H3. The lowest BCUT2D eigenvalue weighted by Gasteiger charge is -2.23. The summed E-state index contributed by atoms with van der Waals surface area (Å²) in [7, 11) is 3.59. The van der Waals surface area contributed by atoms with Crippen LogP contribution in [0.4, 0.5) is 5.88 Å². The molecule has 4 heteroatoms. The highest BCUT2D eigenvalue weighted by Crippen LogP contribution is 2.38. The van der Waals surface area contributed by atoms with E-state index in [9.17, 15) is 0 Å². The number of rotatable bonds is 3. The third kappa shape index (κ3) is 2.07. The maximum Gasteiger partial charge on any atom is 0.227 e. The fourth-order valence-corrected chi connectivity index (χ4v) is 2.88. The number of methoxy groups -OCH3 is 1. The number of aromatic nitrogens is 1. The summed E-state index contributed by atoms with van der Waals surface area (Å²) in [6.07, 6.45) is 3.02. The summed E-state index contributed by atoms with van der Waals surface area (Å²) in [5.41, 5.74) is 3.57. The molecule has 0 spiro atoms. The summed E-state index contributed by atoms with van der Waals surface area (Å²) in [6, 6.07) is 8.24. The van der Waals surface area contributed by atoms with E-state index in [4.69, 9.17) is 9.26 Å². The van der Waals surface area contributed by atoms with Crippen molar-refractivity contribution < 1.29 is 9.26 Å². The molecule has 1 unspecified atom stereocenters. The number of nitrogens with one attached hydrogen (secondary N) is 1. The van der Waals surface area contributed by atoms with Gasteiger partial charge in [0.15, 0.2) is 0 Å². The Balaban J connectivity index is 1.89. The zero-order valence-corrected chi connectivity index (χ0v) is 11.3. The molecular weight excluding hydrogens is 240 g/mol. The minimum absolute atomic E-state index is 0.457. The van der Waals surface area contributed by atoms with Crippen molar-refractivity contribution in [2.45, 2.75) is 25.2 Å². The van der Waals surface area contributed by atoms with Gasteiger partial charge in [0.1, 0.15) is 5.75 Å². The second-order valence-corrected chi connectivity index (χ2v) is 4.87. The minimum atomic E-state index is 0.457. The Bertz CT molecular complexity index is 577. The van der Waals surface area contributed by atoms with Gasteiger partial charge in [0, 0.05) is 19.0 Å². The quantitative estimate of drug-likeness (QED) is 0.919. The Morgan fingerprint density at radius 2 is 2.21 bits per heavy atom. The minimum Gasteiger partial charge on any atom is -0.496 e. The van der Waals surface area contributed by atoms with Crippen LogP contribution < -0.4 is 10.1 Å². The van der Waals surface area contributed by atoms with Gasteiger partial charge in [-0.05, 0) is 30.4 Å². The van der Waals surface area contributed by atoms with Crippen LogP contribution in [0.15, 0.2) is 28.8 Å². The number of fused-ring (bicyclic) bond motifs is 1. The van der Waals surface area contributed by atoms with Gasteiger partial charge in [0.05, 0.1) is 12.8 Å². The summed E-state index contributed by atoms with van der Waals surface area (Å²) in [5.74, 6) is 2.24. The highest BCUT2D eigenvalue weighted by Gasteiger charge is 2.27. The molecule has 0 radical (unpaired) electrons. The summed E-state index contributed by atoms with van der Waals surface area (Å²) < 4.78 is 10.8. The van der Waals surface area contributed by atoms with E-state index in [1.807, 2.05) is 19.2 Å². The molecule has 1 atom stereocenters. The monoisotopic (exact) mass is 258 g/mol. The van der Waals surface area contributed by atoms with Crippen molar-refractivity contribution in [1.82, 2.24) is 5.16 Å². The smallest absolute Gasteiger partial charge is 0.227 e. The summed E-state index contributed by atoms with van der Waals surface area (Å²) in [4.78, 5) is 0. The number of benzene rings is 1. The highest BCUT2D eigenvalue weighted by molar-refractivity contribution is 5.46. The molecular formula is C15H18N2O2. The molecule has 2 aromatic rings. The topological polar surface area (TPSA) is 47.3 Å². The van der Waals surface area contributed by atoms with Gasteiger partial charge in [0.25, 0.3) is 0 Å². The van der Waals surface area contributed by atoms with Gasteiger partial charge < -0.3 is 14.6 Å². The van der Waals surface area contributed by atoms with Crippen LogP contribution in [0, 0.1) is 0 Å². The maximum atomic E-state index is 5.46. The lowest BCUT2D eigenvalue weighted by atomic mass is 9.82. The molecule has 1 aromatic heterocycles. The van der Waals surface area contributed by atoms with Crippen LogP contribution in [0.2, 0.25) is 0 Å². The van der Waals surface area contributed by atoms with Crippen LogP contribution in [0.3, 0.4) is 0 Å². The number of hydrogen-bond acceptors (Lipinski definition) is 4. The van der Waals surface area contributed by atoms with Gasteiger partial charge in [-0.3, -0.25) is 0 Å². The highest BCUT2D eigenvalue weighted by atomic mass is 16.5. The molecule has 3 rings (SSSR count). The van der Waals surface area contributed by atoms with Gasteiger partial charge in [-0.25, -0.2) is 0 Å².